The smallest absolute Gasteiger partial charge is 0.303 e. The zero-order valence-electron chi connectivity index (χ0n) is 18.2. The predicted octanol–water partition coefficient (Wildman–Crippen LogP) is 0.368. The molecule has 6 N–H and O–H groups in total. The lowest BCUT2D eigenvalue weighted by Crippen LogP contribution is -2.61. The summed E-state index contributed by atoms with van der Waals surface area (Å²) in [5.74, 6) is -2.59. The van der Waals surface area contributed by atoms with Crippen LogP contribution in [0.3, 0.4) is 0 Å². The van der Waals surface area contributed by atoms with Crippen molar-refractivity contribution in [3.63, 3.8) is 0 Å². The van der Waals surface area contributed by atoms with Crippen LogP contribution < -0.4 is 4.74 Å². The third-order valence-electron chi connectivity index (χ3n) is 5.29. The number of hydrogen-bond acceptors (Lipinski definition) is 11. The molecule has 0 saturated carbocycles. The molecule has 11 nitrogen and oxygen atoms in total. The summed E-state index contributed by atoms with van der Waals surface area (Å²) in [4.78, 5) is 24.2. The van der Waals surface area contributed by atoms with Gasteiger partial charge in [-0.05, 0) is 24.1 Å². The van der Waals surface area contributed by atoms with Gasteiger partial charge >= 0.3 is 5.97 Å². The molecule has 0 amide bonds. The highest BCUT2D eigenvalue weighted by Gasteiger charge is 2.47. The second-order valence-corrected chi connectivity index (χ2v) is 7.83. The summed E-state index contributed by atoms with van der Waals surface area (Å²) in [6.07, 6.45) is -7.52. The van der Waals surface area contributed by atoms with E-state index in [9.17, 15) is 40.2 Å². The van der Waals surface area contributed by atoms with Gasteiger partial charge in [0.1, 0.15) is 46.9 Å². The molecule has 0 aromatic heterocycles. The van der Waals surface area contributed by atoms with E-state index in [1.807, 2.05) is 0 Å². The van der Waals surface area contributed by atoms with Crippen molar-refractivity contribution in [3.8, 4) is 23.0 Å². The Balaban J connectivity index is 1.82. The van der Waals surface area contributed by atoms with Gasteiger partial charge in [-0.25, -0.2) is 0 Å². The lowest BCUT2D eigenvalue weighted by Gasteiger charge is -2.41. The van der Waals surface area contributed by atoms with Crippen LogP contribution in [-0.4, -0.2) is 79.7 Å². The molecule has 11 heteroatoms. The summed E-state index contributed by atoms with van der Waals surface area (Å²) >= 11 is 0. The van der Waals surface area contributed by atoms with Crippen molar-refractivity contribution < 1.29 is 54.4 Å². The topological polar surface area (TPSA) is 183 Å². The first-order valence-corrected chi connectivity index (χ1v) is 10.4. The number of ether oxygens (including phenoxy) is 3. The summed E-state index contributed by atoms with van der Waals surface area (Å²) in [5.41, 5.74) is 0.466. The van der Waals surface area contributed by atoms with Gasteiger partial charge in [0.25, 0.3) is 0 Å². The fourth-order valence-corrected chi connectivity index (χ4v) is 3.62. The van der Waals surface area contributed by atoms with Crippen molar-refractivity contribution in [2.75, 3.05) is 6.61 Å². The molecule has 1 aliphatic rings. The molecule has 5 atom stereocenters. The fraction of sp³-hybridized carbons (Fsp3) is 0.391. The third kappa shape index (κ3) is 5.75. The van der Waals surface area contributed by atoms with Gasteiger partial charge in [-0.1, -0.05) is 12.1 Å². The largest absolute Gasteiger partial charge is 0.508 e. The zero-order valence-corrected chi connectivity index (χ0v) is 18.2. The second-order valence-electron chi connectivity index (χ2n) is 7.83. The highest BCUT2D eigenvalue weighted by Crippen LogP contribution is 2.36. The third-order valence-corrected chi connectivity index (χ3v) is 5.29. The number of carbonyl (C=O) groups is 2. The monoisotopic (exact) mass is 478 g/mol. The van der Waals surface area contributed by atoms with Crippen LogP contribution in [-0.2, 0) is 20.7 Å². The molecule has 0 spiro atoms. The quantitative estimate of drug-likeness (QED) is 0.228. The number of benzene rings is 2. The van der Waals surface area contributed by atoms with Crippen LogP contribution in [0.2, 0.25) is 0 Å². The van der Waals surface area contributed by atoms with E-state index >= 15 is 0 Å². The minimum Gasteiger partial charge on any atom is -0.508 e. The molecular weight excluding hydrogens is 452 g/mol. The van der Waals surface area contributed by atoms with Crippen LogP contribution in [0.1, 0.15) is 29.3 Å². The van der Waals surface area contributed by atoms with Gasteiger partial charge in [-0.2, -0.15) is 0 Å². The Morgan fingerprint density at radius 2 is 1.68 bits per heavy atom. The molecule has 1 aliphatic heterocycles. The summed E-state index contributed by atoms with van der Waals surface area (Å²) in [7, 11) is 0. The highest BCUT2D eigenvalue weighted by atomic mass is 16.7. The number of phenolic OH excluding ortho intramolecular Hbond substituents is 3. The Labute approximate surface area is 194 Å². The lowest BCUT2D eigenvalue weighted by molar-refractivity contribution is -0.281. The standard InChI is InChI=1S/C23H26O11/c1-11(25)32-22-18(10-24)34-23(21(31)20(22)30)33-17-9-14(27)8-16(29)19(17)15(28)7-4-12-2-5-13(26)6-3-12/h2-3,5-6,8-9,18,20-24,26-27,29-31H,4,7,10H2,1H3/t18-,20-,21-,22-,23-/m1/s1. The average Bonchev–Trinajstić information content (AvgIpc) is 2.77. The van der Waals surface area contributed by atoms with Crippen molar-refractivity contribution in [1.29, 1.82) is 0 Å². The Morgan fingerprint density at radius 3 is 2.29 bits per heavy atom. The van der Waals surface area contributed by atoms with Crippen molar-refractivity contribution in [2.24, 2.45) is 0 Å². The Hall–Kier alpha value is -3.38. The number of aliphatic hydroxyl groups is 3. The number of rotatable bonds is 8. The van der Waals surface area contributed by atoms with E-state index in [2.05, 4.69) is 0 Å². The molecule has 3 rings (SSSR count). The van der Waals surface area contributed by atoms with E-state index in [4.69, 9.17) is 14.2 Å². The Kier molecular flexibility index (Phi) is 7.94. The lowest BCUT2D eigenvalue weighted by atomic mass is 9.98. The molecule has 0 bridgehead atoms. The first-order chi connectivity index (χ1) is 16.1. The number of aromatic hydroxyl groups is 3. The Morgan fingerprint density at radius 1 is 1.00 bits per heavy atom. The molecule has 1 heterocycles. The molecule has 2 aromatic carbocycles. The van der Waals surface area contributed by atoms with Gasteiger partial charge in [0.15, 0.2) is 11.9 Å². The van der Waals surface area contributed by atoms with Crippen LogP contribution in [0.5, 0.6) is 23.0 Å². The van der Waals surface area contributed by atoms with Gasteiger partial charge in [-0.15, -0.1) is 0 Å². The maximum Gasteiger partial charge on any atom is 0.303 e. The molecule has 1 saturated heterocycles. The molecular formula is C23H26O11. The molecule has 0 aliphatic carbocycles. The van der Waals surface area contributed by atoms with Gasteiger partial charge in [0, 0.05) is 25.5 Å². The number of Topliss-reactive ketones (excluding diaryl/α,β-unsaturated/α-hetero) is 1. The first-order valence-electron chi connectivity index (χ1n) is 10.4. The minimum absolute atomic E-state index is 0.0655. The van der Waals surface area contributed by atoms with E-state index in [-0.39, 0.29) is 29.9 Å². The number of aryl methyl sites for hydroxylation is 1. The van der Waals surface area contributed by atoms with Crippen molar-refractivity contribution in [3.05, 3.63) is 47.5 Å². The fourth-order valence-electron chi connectivity index (χ4n) is 3.62. The van der Waals surface area contributed by atoms with E-state index in [1.165, 1.54) is 12.1 Å². The van der Waals surface area contributed by atoms with Gasteiger partial charge in [0.2, 0.25) is 6.29 Å². The first kappa shape index (κ1) is 25.2. The van der Waals surface area contributed by atoms with E-state index in [0.29, 0.717) is 0 Å². The summed E-state index contributed by atoms with van der Waals surface area (Å²) < 4.78 is 15.9. The highest BCUT2D eigenvalue weighted by molar-refractivity contribution is 6.01. The predicted molar refractivity (Wildman–Crippen MR) is 114 cm³/mol. The SMILES string of the molecule is CC(=O)O[C@H]1[C@H](O)[C@@H](O)[C@H](Oc2cc(O)cc(O)c2C(=O)CCc2ccc(O)cc2)O[C@@H]1CO. The molecule has 34 heavy (non-hydrogen) atoms. The van der Waals surface area contributed by atoms with E-state index in [1.54, 1.807) is 12.1 Å². The minimum atomic E-state index is -1.77. The molecule has 184 valence electrons. The maximum atomic E-state index is 12.9. The summed E-state index contributed by atoms with van der Waals surface area (Å²) in [5, 5.41) is 60.0. The van der Waals surface area contributed by atoms with Crippen molar-refractivity contribution >= 4 is 11.8 Å². The normalized spacial score (nSPS) is 24.4. The van der Waals surface area contributed by atoms with Gasteiger partial charge in [-0.3, -0.25) is 9.59 Å². The van der Waals surface area contributed by atoms with Gasteiger partial charge in [0.05, 0.1) is 6.61 Å². The number of aliphatic hydroxyl groups excluding tert-OH is 3. The van der Waals surface area contributed by atoms with Crippen molar-refractivity contribution in [1.82, 2.24) is 0 Å². The molecule has 2 aromatic rings. The van der Waals surface area contributed by atoms with Crippen LogP contribution in [0.15, 0.2) is 36.4 Å². The zero-order chi connectivity index (χ0) is 25.0. The number of hydrogen-bond donors (Lipinski definition) is 6. The van der Waals surface area contributed by atoms with Gasteiger partial charge < -0.3 is 44.8 Å². The Bertz CT molecular complexity index is 1020. The van der Waals surface area contributed by atoms with Crippen LogP contribution in [0.4, 0.5) is 0 Å². The van der Waals surface area contributed by atoms with E-state index in [0.717, 1.165) is 24.6 Å². The molecule has 0 unspecified atom stereocenters. The van der Waals surface area contributed by atoms with Crippen molar-refractivity contribution in [2.45, 2.75) is 50.5 Å². The number of carbonyl (C=O) groups excluding carboxylic acids is 2. The number of esters is 1. The number of phenols is 3. The van der Waals surface area contributed by atoms with Crippen LogP contribution in [0, 0.1) is 0 Å². The summed E-state index contributed by atoms with van der Waals surface area (Å²) in [6, 6.07) is 8.20. The van der Waals surface area contributed by atoms with E-state index < -0.39 is 60.6 Å². The number of ketones is 1. The maximum absolute atomic E-state index is 12.9. The molecule has 0 radical (unpaired) electrons. The second kappa shape index (κ2) is 10.7. The summed E-state index contributed by atoms with van der Waals surface area (Å²) in [6.45, 7) is 0.396. The average molecular weight is 478 g/mol. The van der Waals surface area contributed by atoms with Crippen LogP contribution in [0.25, 0.3) is 0 Å². The molecule has 1 fully saturated rings. The van der Waals surface area contributed by atoms with Crippen LogP contribution >= 0.6 is 0 Å².